The first-order valence-corrected chi connectivity index (χ1v) is 15.2. The van der Waals surface area contributed by atoms with Gasteiger partial charge in [0.25, 0.3) is 0 Å². The second-order valence-corrected chi connectivity index (χ2v) is 10.3. The van der Waals surface area contributed by atoms with Crippen molar-refractivity contribution in [2.24, 2.45) is 0 Å². The van der Waals surface area contributed by atoms with E-state index in [0.29, 0.717) is 6.42 Å². The maximum absolute atomic E-state index is 12.4. The molecule has 0 spiro atoms. The third kappa shape index (κ3) is 27.1. The standard InChI is InChI=1S/C31H58O4/c1-3-5-7-9-11-13-17-21-25-29(26-22-18-15-16-19-23-27-30(32)33)35-31(34)28-24-20-14-12-10-8-6-4-2/h21,25,29H,3-20,22-24,26-28H2,1-2H3,(H,32,33)/b25-21-. The summed E-state index contributed by atoms with van der Waals surface area (Å²) in [6, 6.07) is 0. The lowest BCUT2D eigenvalue weighted by Crippen LogP contribution is -2.16. The Bertz CT molecular complexity index is 500. The van der Waals surface area contributed by atoms with E-state index in [1.807, 2.05) is 0 Å². The van der Waals surface area contributed by atoms with Crippen LogP contribution in [0.2, 0.25) is 0 Å². The van der Waals surface area contributed by atoms with E-state index >= 15 is 0 Å². The smallest absolute Gasteiger partial charge is 0.306 e. The number of carboxylic acid groups (broad SMARTS) is 1. The van der Waals surface area contributed by atoms with Crippen LogP contribution in [0.4, 0.5) is 0 Å². The monoisotopic (exact) mass is 494 g/mol. The van der Waals surface area contributed by atoms with Gasteiger partial charge in [-0.2, -0.15) is 0 Å². The van der Waals surface area contributed by atoms with Crippen LogP contribution in [0.15, 0.2) is 12.2 Å². The molecule has 0 fully saturated rings. The molecule has 0 aliphatic carbocycles. The number of carbonyl (C=O) groups excluding carboxylic acids is 1. The predicted molar refractivity (Wildman–Crippen MR) is 149 cm³/mol. The number of rotatable bonds is 27. The van der Waals surface area contributed by atoms with Crippen LogP contribution >= 0.6 is 0 Å². The number of ether oxygens (including phenoxy) is 1. The molecule has 0 heterocycles. The number of allylic oxidation sites excluding steroid dienone is 1. The minimum absolute atomic E-state index is 0.0427. The zero-order chi connectivity index (χ0) is 25.8. The lowest BCUT2D eigenvalue weighted by atomic mass is 10.0. The average molecular weight is 495 g/mol. The highest BCUT2D eigenvalue weighted by Crippen LogP contribution is 2.15. The minimum Gasteiger partial charge on any atom is -0.481 e. The molecular formula is C31H58O4. The summed E-state index contributed by atoms with van der Waals surface area (Å²) in [5.41, 5.74) is 0. The average Bonchev–Trinajstić information content (AvgIpc) is 2.83. The zero-order valence-electron chi connectivity index (χ0n) is 23.4. The molecule has 0 saturated carbocycles. The maximum Gasteiger partial charge on any atom is 0.306 e. The lowest BCUT2D eigenvalue weighted by Gasteiger charge is -2.15. The van der Waals surface area contributed by atoms with Crippen LogP contribution in [0.3, 0.4) is 0 Å². The van der Waals surface area contributed by atoms with Gasteiger partial charge in [0.1, 0.15) is 6.10 Å². The van der Waals surface area contributed by atoms with Crippen molar-refractivity contribution in [3.63, 3.8) is 0 Å². The molecule has 0 aromatic heterocycles. The Morgan fingerprint density at radius 2 is 1.09 bits per heavy atom. The van der Waals surface area contributed by atoms with Gasteiger partial charge in [0.15, 0.2) is 0 Å². The van der Waals surface area contributed by atoms with Crippen molar-refractivity contribution < 1.29 is 19.4 Å². The van der Waals surface area contributed by atoms with E-state index in [4.69, 9.17) is 9.84 Å². The Morgan fingerprint density at radius 1 is 0.629 bits per heavy atom. The molecule has 0 saturated heterocycles. The molecule has 0 amide bonds. The number of hydrogen-bond donors (Lipinski definition) is 1. The summed E-state index contributed by atoms with van der Waals surface area (Å²) in [6.07, 6.45) is 30.8. The van der Waals surface area contributed by atoms with E-state index in [1.54, 1.807) is 0 Å². The fourth-order valence-electron chi connectivity index (χ4n) is 4.44. The van der Waals surface area contributed by atoms with Crippen LogP contribution in [-0.2, 0) is 14.3 Å². The number of carboxylic acids is 1. The molecule has 0 rings (SSSR count). The van der Waals surface area contributed by atoms with Crippen LogP contribution in [0, 0.1) is 0 Å². The van der Waals surface area contributed by atoms with Gasteiger partial charge < -0.3 is 9.84 Å². The van der Waals surface area contributed by atoms with E-state index in [1.165, 1.54) is 77.0 Å². The molecule has 0 bridgehead atoms. The van der Waals surface area contributed by atoms with E-state index in [-0.39, 0.29) is 18.5 Å². The maximum atomic E-state index is 12.4. The van der Waals surface area contributed by atoms with Gasteiger partial charge >= 0.3 is 11.9 Å². The number of esters is 1. The molecule has 0 aliphatic heterocycles. The summed E-state index contributed by atoms with van der Waals surface area (Å²) in [6.45, 7) is 4.49. The second kappa shape index (κ2) is 27.3. The highest BCUT2D eigenvalue weighted by Gasteiger charge is 2.11. The number of carbonyl (C=O) groups is 2. The molecule has 1 atom stereocenters. The third-order valence-electron chi connectivity index (χ3n) is 6.72. The van der Waals surface area contributed by atoms with Crippen molar-refractivity contribution in [1.82, 2.24) is 0 Å². The van der Waals surface area contributed by atoms with Gasteiger partial charge in [0.05, 0.1) is 0 Å². The highest BCUT2D eigenvalue weighted by molar-refractivity contribution is 5.69. The van der Waals surface area contributed by atoms with Gasteiger partial charge in [-0.05, 0) is 44.6 Å². The van der Waals surface area contributed by atoms with Crippen molar-refractivity contribution >= 4 is 11.9 Å². The van der Waals surface area contributed by atoms with E-state index < -0.39 is 5.97 Å². The van der Waals surface area contributed by atoms with Crippen molar-refractivity contribution in [2.75, 3.05) is 0 Å². The zero-order valence-corrected chi connectivity index (χ0v) is 23.4. The largest absolute Gasteiger partial charge is 0.481 e. The van der Waals surface area contributed by atoms with E-state index in [0.717, 1.165) is 64.2 Å². The summed E-state index contributed by atoms with van der Waals surface area (Å²) >= 11 is 0. The summed E-state index contributed by atoms with van der Waals surface area (Å²) in [7, 11) is 0. The number of unbranched alkanes of at least 4 members (excludes halogenated alkanes) is 18. The third-order valence-corrected chi connectivity index (χ3v) is 6.72. The lowest BCUT2D eigenvalue weighted by molar-refractivity contribution is -0.147. The molecule has 0 aliphatic rings. The van der Waals surface area contributed by atoms with E-state index in [2.05, 4.69) is 26.0 Å². The molecule has 1 unspecified atom stereocenters. The predicted octanol–water partition coefficient (Wildman–Crippen LogP) is 9.94. The SMILES string of the molecule is CCCCCCCC/C=C\C(CCCCCCCCC(=O)O)OC(=O)CCCCCCCCCC. The van der Waals surface area contributed by atoms with Gasteiger partial charge in [0.2, 0.25) is 0 Å². The van der Waals surface area contributed by atoms with Gasteiger partial charge in [-0.1, -0.05) is 123 Å². The summed E-state index contributed by atoms with van der Waals surface area (Å²) < 4.78 is 5.85. The van der Waals surface area contributed by atoms with Crippen LogP contribution in [0.25, 0.3) is 0 Å². The molecule has 0 aromatic rings. The molecule has 0 aromatic carbocycles. The normalized spacial score (nSPS) is 12.3. The van der Waals surface area contributed by atoms with Gasteiger partial charge in [-0.3, -0.25) is 9.59 Å². The Morgan fingerprint density at radius 3 is 1.63 bits per heavy atom. The first kappa shape index (κ1) is 33.7. The molecular weight excluding hydrogens is 436 g/mol. The van der Waals surface area contributed by atoms with Gasteiger partial charge in [0, 0.05) is 12.8 Å². The van der Waals surface area contributed by atoms with Crippen LogP contribution in [-0.4, -0.2) is 23.1 Å². The molecule has 0 radical (unpaired) electrons. The van der Waals surface area contributed by atoms with Crippen molar-refractivity contribution in [2.45, 2.75) is 174 Å². The Hall–Kier alpha value is -1.32. The van der Waals surface area contributed by atoms with Crippen molar-refractivity contribution in [3.05, 3.63) is 12.2 Å². The Labute approximate surface area is 217 Å². The number of hydrogen-bond acceptors (Lipinski definition) is 3. The topological polar surface area (TPSA) is 63.6 Å². The summed E-state index contributed by atoms with van der Waals surface area (Å²) in [4.78, 5) is 23.0. The Kier molecular flexibility index (Phi) is 26.2. The summed E-state index contributed by atoms with van der Waals surface area (Å²) in [5.74, 6) is -0.742. The van der Waals surface area contributed by atoms with Crippen molar-refractivity contribution in [3.8, 4) is 0 Å². The first-order valence-electron chi connectivity index (χ1n) is 15.2. The fourth-order valence-corrected chi connectivity index (χ4v) is 4.44. The van der Waals surface area contributed by atoms with Crippen LogP contribution in [0.5, 0.6) is 0 Å². The van der Waals surface area contributed by atoms with E-state index in [9.17, 15) is 9.59 Å². The van der Waals surface area contributed by atoms with Crippen molar-refractivity contribution in [1.29, 1.82) is 0 Å². The first-order chi connectivity index (χ1) is 17.1. The highest BCUT2D eigenvalue weighted by atomic mass is 16.5. The number of aliphatic carboxylic acids is 1. The molecule has 1 N–H and O–H groups in total. The second-order valence-electron chi connectivity index (χ2n) is 10.3. The van der Waals surface area contributed by atoms with Gasteiger partial charge in [-0.15, -0.1) is 0 Å². The molecule has 206 valence electrons. The van der Waals surface area contributed by atoms with Crippen LogP contribution in [0.1, 0.15) is 168 Å². The quantitative estimate of drug-likeness (QED) is 0.0701. The fraction of sp³-hybridized carbons (Fsp3) is 0.871. The minimum atomic E-state index is -0.700. The molecule has 4 nitrogen and oxygen atoms in total. The summed E-state index contributed by atoms with van der Waals surface area (Å²) in [5, 5.41) is 8.71. The van der Waals surface area contributed by atoms with Gasteiger partial charge in [-0.25, -0.2) is 0 Å². The Balaban J connectivity index is 4.15. The molecule has 4 heteroatoms. The molecule has 35 heavy (non-hydrogen) atoms. The van der Waals surface area contributed by atoms with Crippen LogP contribution < -0.4 is 0 Å².